The van der Waals surface area contributed by atoms with Crippen LogP contribution < -0.4 is 24.3 Å². The minimum absolute atomic E-state index is 0.0242. The minimum Gasteiger partial charge on any atom is -0.502 e. The molecule has 3 aromatic rings. The molecule has 5 aliphatic rings. The number of amides is 2. The van der Waals surface area contributed by atoms with Crippen molar-refractivity contribution in [3.8, 4) is 28.7 Å². The molecule has 3 saturated heterocycles. The zero-order valence-electron chi connectivity index (χ0n) is 31.1. The number of methoxy groups -OCH3 is 2. The SMILES string of the molecule is COc1cc([C@@H]2c3cc4c(cc3C(O[C@@H]3O[C@@H]5COC(c6cccs6)O[C@H]5[C@H](O)[C@H]3O)C3COC(=O)[C@@H]32)OCO4)cc(OC)c1O.O=NN(CCCl)C(=O)NCCCl. The van der Waals surface area contributed by atoms with Crippen LogP contribution in [0.15, 0.2) is 47.1 Å². The van der Waals surface area contributed by atoms with Crippen molar-refractivity contribution in [3.63, 3.8) is 0 Å². The van der Waals surface area contributed by atoms with Crippen molar-refractivity contribution >= 4 is 46.5 Å². The molecule has 18 nitrogen and oxygen atoms in total. The van der Waals surface area contributed by atoms with Crippen LogP contribution in [0.25, 0.3) is 0 Å². The summed E-state index contributed by atoms with van der Waals surface area (Å²) in [5.74, 6) is -0.627. The van der Waals surface area contributed by atoms with Gasteiger partial charge in [-0.1, -0.05) is 6.07 Å². The van der Waals surface area contributed by atoms with Gasteiger partial charge >= 0.3 is 12.0 Å². The monoisotopic (exact) mass is 869 g/mol. The number of fused-ring (bicyclic) bond motifs is 4. The number of esters is 1. The molecular weight excluding hydrogens is 829 g/mol. The van der Waals surface area contributed by atoms with Gasteiger partial charge in [-0.05, 0) is 52.4 Å². The summed E-state index contributed by atoms with van der Waals surface area (Å²) in [6.45, 7) is 0.568. The highest BCUT2D eigenvalue weighted by Gasteiger charge is 2.56. The zero-order chi connectivity index (χ0) is 41.1. The number of carbonyl (C=O) groups excluding carboxylic acids is 2. The Kier molecular flexibility index (Phi) is 13.3. The fraction of sp³-hybridized carbons (Fsp3) is 0.514. The number of carbonyl (C=O) groups is 2. The number of aliphatic hydroxyl groups is 2. The lowest BCUT2D eigenvalue weighted by atomic mass is 9.66. The average Bonchev–Trinajstić information content (AvgIpc) is 4.03. The first-order valence-electron chi connectivity index (χ1n) is 18.1. The molecule has 314 valence electrons. The Hall–Kier alpha value is -4.18. The smallest absolute Gasteiger partial charge is 0.340 e. The number of aromatic hydroxyl groups is 1. The summed E-state index contributed by atoms with van der Waals surface area (Å²) in [4.78, 5) is 35.3. The van der Waals surface area contributed by atoms with E-state index >= 15 is 0 Å². The second kappa shape index (κ2) is 18.4. The van der Waals surface area contributed by atoms with Crippen LogP contribution in [-0.2, 0) is 28.5 Å². The molecule has 0 radical (unpaired) electrons. The Bertz CT molecular complexity index is 1920. The average molecular weight is 871 g/mol. The van der Waals surface area contributed by atoms with E-state index in [1.165, 1.54) is 25.6 Å². The lowest BCUT2D eigenvalue weighted by molar-refractivity contribution is -0.368. The van der Waals surface area contributed by atoms with E-state index in [1.807, 2.05) is 23.6 Å². The number of phenolic OH excluding ortho intramolecular Hbond substituents is 1. The molecule has 5 heterocycles. The summed E-state index contributed by atoms with van der Waals surface area (Å²) in [5.41, 5.74) is 2.00. The summed E-state index contributed by atoms with van der Waals surface area (Å²) in [7, 11) is 2.86. The van der Waals surface area contributed by atoms with Gasteiger partial charge in [-0.2, -0.15) is 5.01 Å². The highest BCUT2D eigenvalue weighted by atomic mass is 35.5. The van der Waals surface area contributed by atoms with Gasteiger partial charge in [-0.25, -0.2) is 4.79 Å². The fourth-order valence-electron chi connectivity index (χ4n) is 7.69. The molecule has 4 N–H and O–H groups in total. The van der Waals surface area contributed by atoms with E-state index in [0.717, 1.165) is 4.88 Å². The lowest BCUT2D eigenvalue weighted by Crippen LogP contribution is -2.62. The first-order chi connectivity index (χ1) is 28.1. The predicted octanol–water partition coefficient (Wildman–Crippen LogP) is 3.91. The lowest BCUT2D eigenvalue weighted by Gasteiger charge is -2.48. The van der Waals surface area contributed by atoms with Gasteiger partial charge in [0, 0.05) is 30.1 Å². The number of cyclic esters (lactones) is 1. The normalized spacial score (nSPS) is 29.1. The van der Waals surface area contributed by atoms with Crippen molar-refractivity contribution in [1.82, 2.24) is 10.3 Å². The Morgan fingerprint density at radius 2 is 1.72 bits per heavy atom. The van der Waals surface area contributed by atoms with Crippen molar-refractivity contribution in [3.05, 3.63) is 68.3 Å². The molecule has 3 unspecified atom stereocenters. The van der Waals surface area contributed by atoms with E-state index in [2.05, 4.69) is 10.6 Å². The van der Waals surface area contributed by atoms with Crippen molar-refractivity contribution in [2.45, 2.75) is 49.0 Å². The molecule has 2 amide bonds. The van der Waals surface area contributed by atoms with Crippen LogP contribution in [0, 0.1) is 16.7 Å². The molecule has 10 atom stereocenters. The number of nitrogens with zero attached hydrogens (tertiary/aromatic N) is 2. The van der Waals surface area contributed by atoms with Crippen LogP contribution in [0.1, 0.15) is 39.9 Å². The van der Waals surface area contributed by atoms with E-state index in [9.17, 15) is 29.8 Å². The first kappa shape index (κ1) is 42.0. The van der Waals surface area contributed by atoms with E-state index in [-0.39, 0.29) is 49.7 Å². The number of nitroso groups, excluding NO2 is 1. The van der Waals surface area contributed by atoms with Crippen LogP contribution in [-0.4, -0.2) is 122 Å². The molecule has 0 saturated carbocycles. The topological polar surface area (TPSA) is 223 Å². The van der Waals surface area contributed by atoms with Crippen LogP contribution in [0.5, 0.6) is 28.7 Å². The third-order valence-corrected chi connectivity index (χ3v) is 11.6. The Morgan fingerprint density at radius 3 is 2.36 bits per heavy atom. The largest absolute Gasteiger partial charge is 0.502 e. The van der Waals surface area contributed by atoms with Gasteiger partial charge in [0.2, 0.25) is 12.5 Å². The Labute approximate surface area is 345 Å². The number of ether oxygens (including phenoxy) is 9. The summed E-state index contributed by atoms with van der Waals surface area (Å²) >= 11 is 12.1. The van der Waals surface area contributed by atoms with Gasteiger partial charge < -0.3 is 63.3 Å². The molecule has 8 rings (SSSR count). The minimum atomic E-state index is -1.47. The van der Waals surface area contributed by atoms with Crippen molar-refractivity contribution in [1.29, 1.82) is 0 Å². The number of aliphatic hydroxyl groups excluding tert-OH is 2. The number of hydrogen-bond acceptors (Lipinski definition) is 17. The van der Waals surface area contributed by atoms with Crippen LogP contribution in [0.2, 0.25) is 0 Å². The standard InChI is InChI=1S/C32H32O13S.C5H9Cl2N3O2/c1-37-19-6-13(7-20(38-2)25(19)33)23-14-8-17-18(42-12-41-17)9-15(14)28(16-10-39-30(36)24(16)23)44-32-27(35)26(34)29-21(43-32)11-40-31(45-29)22-4-3-5-46-22;6-1-3-8-5(11)10(9-12)4-2-7/h3-9,16,21,23-24,26-29,31-35H,10-12H2,1-2H3;1-4H2,(H,8,11)/t16?,21-,23-,24+,26-,27-,28?,29-,31?,32+;/m1./s1. The fourth-order valence-corrected chi connectivity index (χ4v) is 8.65. The second-order valence-electron chi connectivity index (χ2n) is 13.6. The highest BCUT2D eigenvalue weighted by Crippen LogP contribution is 2.57. The van der Waals surface area contributed by atoms with Gasteiger partial charge in [-0.15, -0.1) is 39.4 Å². The van der Waals surface area contributed by atoms with Gasteiger partial charge in [0.25, 0.3) is 0 Å². The number of alkyl halides is 2. The molecule has 21 heteroatoms. The number of urea groups is 1. The number of halogens is 2. The van der Waals surface area contributed by atoms with E-state index in [0.29, 0.717) is 45.6 Å². The molecule has 3 fully saturated rings. The highest BCUT2D eigenvalue weighted by molar-refractivity contribution is 7.10. The second-order valence-corrected chi connectivity index (χ2v) is 15.3. The summed E-state index contributed by atoms with van der Waals surface area (Å²) in [5, 5.41) is 40.6. The summed E-state index contributed by atoms with van der Waals surface area (Å²) in [6, 6.07) is 10.1. The van der Waals surface area contributed by atoms with Gasteiger partial charge in [-0.3, -0.25) is 4.79 Å². The molecule has 58 heavy (non-hydrogen) atoms. The van der Waals surface area contributed by atoms with E-state index in [4.69, 9.17) is 65.8 Å². The van der Waals surface area contributed by atoms with Crippen LogP contribution in [0.4, 0.5) is 4.79 Å². The zero-order valence-corrected chi connectivity index (χ0v) is 33.4. The summed E-state index contributed by atoms with van der Waals surface area (Å²) < 4.78 is 52.6. The number of benzene rings is 2. The number of thiophene rings is 1. The van der Waals surface area contributed by atoms with Crippen LogP contribution >= 0.6 is 34.5 Å². The first-order valence-corrected chi connectivity index (χ1v) is 20.1. The van der Waals surface area contributed by atoms with Crippen molar-refractivity contribution in [2.75, 3.05) is 59.1 Å². The third kappa shape index (κ3) is 8.19. The summed E-state index contributed by atoms with van der Waals surface area (Å²) in [6.07, 6.45) is -7.16. The number of nitrogens with one attached hydrogen (secondary N) is 1. The Balaban J connectivity index is 0.000000372. The van der Waals surface area contributed by atoms with E-state index < -0.39 is 72.9 Å². The number of rotatable bonds is 11. The number of hydrogen-bond donors (Lipinski definition) is 4. The van der Waals surface area contributed by atoms with Gasteiger partial charge in [0.1, 0.15) is 24.4 Å². The number of phenols is 1. The predicted molar refractivity (Wildman–Crippen MR) is 203 cm³/mol. The van der Waals surface area contributed by atoms with Gasteiger partial charge in [0.05, 0.1) is 56.2 Å². The quantitative estimate of drug-likeness (QED) is 0.0929. The molecule has 2 aromatic carbocycles. The van der Waals surface area contributed by atoms with Crippen molar-refractivity contribution < 1.29 is 67.5 Å². The van der Waals surface area contributed by atoms with Crippen LogP contribution in [0.3, 0.4) is 0 Å². The molecule has 0 spiro atoms. The maximum Gasteiger partial charge on any atom is 0.340 e. The molecular formula is C37H41Cl2N3O15S. The molecule has 0 bridgehead atoms. The van der Waals surface area contributed by atoms with E-state index in [1.54, 1.807) is 18.2 Å². The Morgan fingerprint density at radius 1 is 1.00 bits per heavy atom. The molecule has 1 aliphatic carbocycles. The third-order valence-electron chi connectivity index (χ3n) is 10.4. The maximum atomic E-state index is 13.5. The van der Waals surface area contributed by atoms with Crippen molar-refractivity contribution in [2.24, 2.45) is 17.1 Å². The van der Waals surface area contributed by atoms with Gasteiger partial charge in [0.15, 0.2) is 35.6 Å². The maximum absolute atomic E-state index is 13.5. The molecule has 4 aliphatic heterocycles. The molecule has 1 aromatic heterocycles.